The molecular weight excluding hydrogens is 308 g/mol. The second-order valence-electron chi connectivity index (χ2n) is 9.26. The van der Waals surface area contributed by atoms with Gasteiger partial charge in [0.15, 0.2) is 0 Å². The number of carbonyl (C=O) groups excluding carboxylic acids is 1. The van der Waals surface area contributed by atoms with Crippen molar-refractivity contribution in [2.24, 2.45) is 40.4 Å². The molecular formula is C23H32O2. The van der Waals surface area contributed by atoms with Gasteiger partial charge in [0.2, 0.25) is 0 Å². The van der Waals surface area contributed by atoms with Crippen LogP contribution < -0.4 is 0 Å². The lowest BCUT2D eigenvalue weighted by Gasteiger charge is -2.58. The zero-order valence-electron chi connectivity index (χ0n) is 15.7. The number of carbonyl (C=O) groups is 1. The maximum absolute atomic E-state index is 12.6. The predicted octanol–water partition coefficient (Wildman–Crippen LogP) is 5.32. The molecule has 1 unspecified atom stereocenters. The SMILES string of the molecule is C=CCOC(=O)[C@H]1CC[C@H]2[C@@H]3CCC4C=CC=C[C@]4(C)[C@H]3CC[C@]12C. The Hall–Kier alpha value is -1.31. The van der Waals surface area contributed by atoms with Gasteiger partial charge in [-0.15, -0.1) is 0 Å². The summed E-state index contributed by atoms with van der Waals surface area (Å²) in [6, 6.07) is 0. The highest BCUT2D eigenvalue weighted by molar-refractivity contribution is 5.74. The fourth-order valence-corrected chi connectivity index (χ4v) is 7.06. The number of ether oxygens (including phenoxy) is 1. The first kappa shape index (κ1) is 17.1. The Kier molecular flexibility index (Phi) is 4.21. The quantitative estimate of drug-likeness (QED) is 0.513. The molecule has 0 amide bonds. The van der Waals surface area contributed by atoms with Gasteiger partial charge in [0.25, 0.3) is 0 Å². The lowest BCUT2D eigenvalue weighted by atomic mass is 9.46. The predicted molar refractivity (Wildman–Crippen MR) is 101 cm³/mol. The molecule has 0 spiro atoms. The Balaban J connectivity index is 1.57. The monoisotopic (exact) mass is 340 g/mol. The zero-order chi connectivity index (χ0) is 17.7. The smallest absolute Gasteiger partial charge is 0.309 e. The molecule has 3 saturated carbocycles. The number of fused-ring (bicyclic) bond motifs is 5. The molecule has 0 aliphatic heterocycles. The minimum atomic E-state index is 0.0174. The summed E-state index contributed by atoms with van der Waals surface area (Å²) in [4.78, 5) is 12.6. The normalized spacial score (nSPS) is 47.5. The number of hydrogen-bond donors (Lipinski definition) is 0. The highest BCUT2D eigenvalue weighted by atomic mass is 16.5. The average Bonchev–Trinajstić information content (AvgIpc) is 2.96. The molecule has 2 heteroatoms. The van der Waals surface area contributed by atoms with Crippen molar-refractivity contribution < 1.29 is 9.53 Å². The highest BCUT2D eigenvalue weighted by Gasteiger charge is 2.60. The Morgan fingerprint density at radius 1 is 1.16 bits per heavy atom. The Morgan fingerprint density at radius 2 is 2.00 bits per heavy atom. The third-order valence-electron chi connectivity index (χ3n) is 8.38. The van der Waals surface area contributed by atoms with E-state index in [1.807, 2.05) is 0 Å². The van der Waals surface area contributed by atoms with E-state index in [-0.39, 0.29) is 17.3 Å². The molecule has 7 atom stereocenters. The third-order valence-corrected chi connectivity index (χ3v) is 8.38. The van der Waals surface area contributed by atoms with Crippen LogP contribution in [0.5, 0.6) is 0 Å². The molecule has 0 saturated heterocycles. The lowest BCUT2D eigenvalue weighted by Crippen LogP contribution is -2.51. The van der Waals surface area contributed by atoms with E-state index in [1.54, 1.807) is 6.08 Å². The molecule has 4 aliphatic carbocycles. The van der Waals surface area contributed by atoms with Gasteiger partial charge in [-0.05, 0) is 73.0 Å². The van der Waals surface area contributed by atoms with Gasteiger partial charge in [0.05, 0.1) is 5.92 Å². The van der Waals surface area contributed by atoms with Crippen LogP contribution in [0.15, 0.2) is 37.0 Å². The Morgan fingerprint density at radius 3 is 2.80 bits per heavy atom. The highest BCUT2D eigenvalue weighted by Crippen LogP contribution is 2.66. The fraction of sp³-hybridized carbons (Fsp3) is 0.696. The van der Waals surface area contributed by atoms with Crippen LogP contribution in [0.4, 0.5) is 0 Å². The van der Waals surface area contributed by atoms with Crippen LogP contribution in [-0.4, -0.2) is 12.6 Å². The van der Waals surface area contributed by atoms with E-state index in [2.05, 4.69) is 44.7 Å². The van der Waals surface area contributed by atoms with Gasteiger partial charge < -0.3 is 4.74 Å². The maximum Gasteiger partial charge on any atom is 0.309 e. The molecule has 3 fully saturated rings. The van der Waals surface area contributed by atoms with Crippen LogP contribution in [0.1, 0.15) is 52.4 Å². The molecule has 0 heterocycles. The summed E-state index contributed by atoms with van der Waals surface area (Å²) >= 11 is 0. The minimum absolute atomic E-state index is 0.0174. The van der Waals surface area contributed by atoms with E-state index in [9.17, 15) is 4.79 Å². The van der Waals surface area contributed by atoms with Crippen molar-refractivity contribution in [1.29, 1.82) is 0 Å². The van der Waals surface area contributed by atoms with Crippen LogP contribution in [-0.2, 0) is 9.53 Å². The first-order chi connectivity index (χ1) is 12.0. The lowest BCUT2D eigenvalue weighted by molar-refractivity contribution is -0.155. The van der Waals surface area contributed by atoms with Crippen molar-refractivity contribution in [3.63, 3.8) is 0 Å². The number of allylic oxidation sites excluding steroid dienone is 4. The zero-order valence-corrected chi connectivity index (χ0v) is 15.7. The molecule has 0 bridgehead atoms. The summed E-state index contributed by atoms with van der Waals surface area (Å²) < 4.78 is 5.45. The van der Waals surface area contributed by atoms with Crippen LogP contribution in [0.3, 0.4) is 0 Å². The van der Waals surface area contributed by atoms with Gasteiger partial charge in [-0.25, -0.2) is 0 Å². The summed E-state index contributed by atoms with van der Waals surface area (Å²) in [5, 5.41) is 0. The summed E-state index contributed by atoms with van der Waals surface area (Å²) in [5.74, 6) is 3.04. The minimum Gasteiger partial charge on any atom is -0.461 e. The summed E-state index contributed by atoms with van der Waals surface area (Å²) in [6.45, 7) is 8.88. The summed E-state index contributed by atoms with van der Waals surface area (Å²) in [7, 11) is 0. The first-order valence-corrected chi connectivity index (χ1v) is 10.1. The van der Waals surface area contributed by atoms with Gasteiger partial charge in [-0.2, -0.15) is 0 Å². The maximum atomic E-state index is 12.6. The van der Waals surface area contributed by atoms with E-state index < -0.39 is 0 Å². The Labute approximate surface area is 152 Å². The van der Waals surface area contributed by atoms with E-state index in [0.717, 1.165) is 18.3 Å². The van der Waals surface area contributed by atoms with Crippen molar-refractivity contribution in [3.05, 3.63) is 37.0 Å². The molecule has 0 radical (unpaired) electrons. The second-order valence-corrected chi connectivity index (χ2v) is 9.26. The molecule has 136 valence electrons. The van der Waals surface area contributed by atoms with Gasteiger partial charge in [0, 0.05) is 0 Å². The van der Waals surface area contributed by atoms with Crippen LogP contribution in [0, 0.1) is 40.4 Å². The molecule has 0 aromatic rings. The number of hydrogen-bond acceptors (Lipinski definition) is 2. The van der Waals surface area contributed by atoms with Crippen molar-refractivity contribution in [2.75, 3.05) is 6.61 Å². The molecule has 4 rings (SSSR count). The van der Waals surface area contributed by atoms with Gasteiger partial charge in [-0.1, -0.05) is 50.8 Å². The van der Waals surface area contributed by atoms with Gasteiger partial charge >= 0.3 is 5.97 Å². The second kappa shape index (κ2) is 6.14. The molecule has 0 aromatic carbocycles. The van der Waals surface area contributed by atoms with Crippen molar-refractivity contribution in [2.45, 2.75) is 52.4 Å². The Bertz CT molecular complexity index is 618. The van der Waals surface area contributed by atoms with E-state index >= 15 is 0 Å². The van der Waals surface area contributed by atoms with E-state index in [0.29, 0.717) is 23.9 Å². The van der Waals surface area contributed by atoms with Gasteiger partial charge in [-0.3, -0.25) is 4.79 Å². The van der Waals surface area contributed by atoms with Crippen LogP contribution in [0.2, 0.25) is 0 Å². The number of rotatable bonds is 3. The topological polar surface area (TPSA) is 26.3 Å². The van der Waals surface area contributed by atoms with Gasteiger partial charge in [0.1, 0.15) is 6.61 Å². The number of esters is 1. The van der Waals surface area contributed by atoms with Crippen LogP contribution in [0.25, 0.3) is 0 Å². The molecule has 2 nitrogen and oxygen atoms in total. The molecule has 0 aromatic heterocycles. The van der Waals surface area contributed by atoms with Crippen molar-refractivity contribution >= 4 is 5.97 Å². The third kappa shape index (κ3) is 2.47. The van der Waals surface area contributed by atoms with Crippen molar-refractivity contribution in [1.82, 2.24) is 0 Å². The van der Waals surface area contributed by atoms with Crippen molar-refractivity contribution in [3.8, 4) is 0 Å². The first-order valence-electron chi connectivity index (χ1n) is 10.1. The molecule has 0 N–H and O–H groups in total. The van der Waals surface area contributed by atoms with E-state index in [1.165, 1.54) is 32.1 Å². The average molecular weight is 341 g/mol. The standard InChI is InChI=1S/C23H32O2/c1-4-15-25-21(24)20-11-10-18-17-9-8-16-7-5-6-13-22(16,2)19(17)12-14-23(18,20)3/h4-7,13,16-20H,1,8-12,14-15H2,2-3H3/t16?,17-,18-,19-,20+,22-,23-/m0/s1. The van der Waals surface area contributed by atoms with E-state index in [4.69, 9.17) is 4.74 Å². The molecule has 4 aliphatic rings. The fourth-order valence-electron chi connectivity index (χ4n) is 7.06. The molecule has 25 heavy (non-hydrogen) atoms. The largest absolute Gasteiger partial charge is 0.461 e. The summed E-state index contributed by atoms with van der Waals surface area (Å²) in [5.41, 5.74) is 0.456. The van der Waals surface area contributed by atoms with Crippen LogP contribution >= 0.6 is 0 Å². The summed E-state index contributed by atoms with van der Waals surface area (Å²) in [6.07, 6.45) is 18.4.